The van der Waals surface area contributed by atoms with Crippen LogP contribution in [0, 0.1) is 10.1 Å². The monoisotopic (exact) mass is 332 g/mol. The Morgan fingerprint density at radius 3 is 2.57 bits per heavy atom. The second-order valence-electron chi connectivity index (χ2n) is 4.86. The number of amides is 1. The van der Waals surface area contributed by atoms with E-state index < -0.39 is 10.6 Å². The maximum atomic E-state index is 12.5. The van der Waals surface area contributed by atoms with E-state index in [0.29, 0.717) is 0 Å². The van der Waals surface area contributed by atoms with E-state index in [-0.39, 0.29) is 40.7 Å². The predicted molar refractivity (Wildman–Crippen MR) is 78.9 cm³/mol. The lowest BCUT2D eigenvalue weighted by molar-refractivity contribution is -0.384. The molecule has 1 aromatic rings. The molecule has 0 spiro atoms. The van der Waals surface area contributed by atoms with Crippen molar-refractivity contribution in [2.24, 2.45) is 0 Å². The minimum Gasteiger partial charge on any atom is -0.395 e. The summed E-state index contributed by atoms with van der Waals surface area (Å²) >= 11 is 11.6. The number of nitro benzene ring substituents is 1. The molecule has 1 aromatic carbocycles. The van der Waals surface area contributed by atoms with Crippen LogP contribution in [-0.2, 0) is 0 Å². The second kappa shape index (κ2) is 6.60. The number of rotatable bonds is 5. The minimum absolute atomic E-state index is 0.0354. The van der Waals surface area contributed by atoms with Crippen molar-refractivity contribution in [2.75, 3.05) is 13.2 Å². The Labute approximate surface area is 131 Å². The molecule has 1 aliphatic rings. The van der Waals surface area contributed by atoms with Gasteiger partial charge in [-0.25, -0.2) is 0 Å². The Bertz CT molecular complexity index is 576. The molecule has 2 rings (SSSR count). The molecule has 8 heteroatoms. The summed E-state index contributed by atoms with van der Waals surface area (Å²) in [5, 5.41) is 19.8. The zero-order valence-corrected chi connectivity index (χ0v) is 12.6. The molecule has 0 atom stereocenters. The van der Waals surface area contributed by atoms with Gasteiger partial charge in [0, 0.05) is 24.2 Å². The molecule has 1 fully saturated rings. The van der Waals surface area contributed by atoms with Crippen LogP contribution >= 0.6 is 23.2 Å². The van der Waals surface area contributed by atoms with Gasteiger partial charge in [0.2, 0.25) is 0 Å². The highest BCUT2D eigenvalue weighted by Crippen LogP contribution is 2.34. The molecular weight excluding hydrogens is 319 g/mol. The normalized spacial score (nSPS) is 14.6. The summed E-state index contributed by atoms with van der Waals surface area (Å²) < 4.78 is 0. The molecule has 21 heavy (non-hydrogen) atoms. The average Bonchev–Trinajstić information content (AvgIpc) is 2.38. The Morgan fingerprint density at radius 1 is 1.43 bits per heavy atom. The molecule has 0 aliphatic heterocycles. The summed E-state index contributed by atoms with van der Waals surface area (Å²) in [6.07, 6.45) is 2.77. The van der Waals surface area contributed by atoms with E-state index in [1.165, 1.54) is 11.0 Å². The Morgan fingerprint density at radius 2 is 2.10 bits per heavy atom. The standard InChI is InChI=1S/C13H14Cl2N2O4/c14-10-6-8(7-11(12(10)15)17(20)21)13(19)16(4-5-18)9-2-1-3-9/h6-7,9,18H,1-5H2. The van der Waals surface area contributed by atoms with E-state index in [2.05, 4.69) is 0 Å². The van der Waals surface area contributed by atoms with Crippen molar-refractivity contribution >= 4 is 34.8 Å². The smallest absolute Gasteiger partial charge is 0.290 e. The van der Waals surface area contributed by atoms with Crippen LogP contribution in [0.15, 0.2) is 12.1 Å². The Kier molecular flexibility index (Phi) is 5.03. The number of aliphatic hydroxyl groups excluding tert-OH is 1. The highest BCUT2D eigenvalue weighted by Gasteiger charge is 2.30. The molecule has 6 nitrogen and oxygen atoms in total. The number of hydrogen-bond donors (Lipinski definition) is 1. The molecule has 1 aliphatic carbocycles. The molecule has 0 aromatic heterocycles. The van der Waals surface area contributed by atoms with Gasteiger partial charge in [-0.1, -0.05) is 23.2 Å². The van der Waals surface area contributed by atoms with Gasteiger partial charge in [0.1, 0.15) is 5.02 Å². The fraction of sp³-hybridized carbons (Fsp3) is 0.462. The van der Waals surface area contributed by atoms with E-state index in [4.69, 9.17) is 28.3 Å². The Hall–Kier alpha value is -1.37. The van der Waals surface area contributed by atoms with Crippen LogP contribution in [0.2, 0.25) is 10.0 Å². The number of nitrogens with zero attached hydrogens (tertiary/aromatic N) is 2. The molecular formula is C13H14Cl2N2O4. The third-order valence-electron chi connectivity index (χ3n) is 3.57. The minimum atomic E-state index is -0.676. The van der Waals surface area contributed by atoms with Gasteiger partial charge in [-0.3, -0.25) is 14.9 Å². The SMILES string of the molecule is O=C(c1cc(Cl)c(Cl)c([N+](=O)[O-])c1)N(CCO)C1CCC1. The second-order valence-corrected chi connectivity index (χ2v) is 5.64. The van der Waals surface area contributed by atoms with Crippen molar-refractivity contribution in [1.29, 1.82) is 0 Å². The average molecular weight is 333 g/mol. The predicted octanol–water partition coefficient (Wildman–Crippen LogP) is 2.89. The molecule has 0 bridgehead atoms. The van der Waals surface area contributed by atoms with Gasteiger partial charge < -0.3 is 10.0 Å². The largest absolute Gasteiger partial charge is 0.395 e. The summed E-state index contributed by atoms with van der Waals surface area (Å²) in [4.78, 5) is 24.3. The van der Waals surface area contributed by atoms with Crippen molar-refractivity contribution in [3.63, 3.8) is 0 Å². The molecule has 1 amide bonds. The first-order valence-corrected chi connectivity index (χ1v) is 7.26. The number of benzene rings is 1. The van der Waals surface area contributed by atoms with E-state index >= 15 is 0 Å². The van der Waals surface area contributed by atoms with Gasteiger partial charge in [0.05, 0.1) is 16.6 Å². The summed E-state index contributed by atoms with van der Waals surface area (Å²) in [5.74, 6) is -0.379. The number of nitro groups is 1. The lowest BCUT2D eigenvalue weighted by atomic mass is 9.91. The van der Waals surface area contributed by atoms with Crippen molar-refractivity contribution in [3.8, 4) is 0 Å². The van der Waals surface area contributed by atoms with Crippen LogP contribution in [0.4, 0.5) is 5.69 Å². The topological polar surface area (TPSA) is 83.7 Å². The van der Waals surface area contributed by atoms with Gasteiger partial charge >= 0.3 is 0 Å². The van der Waals surface area contributed by atoms with Crippen molar-refractivity contribution in [3.05, 3.63) is 37.9 Å². The van der Waals surface area contributed by atoms with E-state index in [1.807, 2.05) is 0 Å². The van der Waals surface area contributed by atoms with E-state index in [0.717, 1.165) is 25.3 Å². The highest BCUT2D eigenvalue weighted by atomic mass is 35.5. The number of hydrogen-bond acceptors (Lipinski definition) is 4. The van der Waals surface area contributed by atoms with Gasteiger partial charge in [-0.2, -0.15) is 0 Å². The van der Waals surface area contributed by atoms with Gasteiger partial charge in [-0.05, 0) is 25.3 Å². The third kappa shape index (κ3) is 3.28. The third-order valence-corrected chi connectivity index (χ3v) is 4.36. The quantitative estimate of drug-likeness (QED) is 0.663. The fourth-order valence-corrected chi connectivity index (χ4v) is 2.65. The first kappa shape index (κ1) is 16.0. The van der Waals surface area contributed by atoms with Crippen LogP contribution in [0.1, 0.15) is 29.6 Å². The number of aliphatic hydroxyl groups is 1. The molecule has 1 N–H and O–H groups in total. The van der Waals surface area contributed by atoms with Crippen LogP contribution < -0.4 is 0 Å². The van der Waals surface area contributed by atoms with Crippen molar-refractivity contribution in [2.45, 2.75) is 25.3 Å². The number of carbonyl (C=O) groups is 1. The van der Waals surface area contributed by atoms with Crippen molar-refractivity contribution in [1.82, 2.24) is 4.90 Å². The van der Waals surface area contributed by atoms with Crippen LogP contribution in [0.3, 0.4) is 0 Å². The van der Waals surface area contributed by atoms with Gasteiger partial charge in [-0.15, -0.1) is 0 Å². The number of carbonyl (C=O) groups excluding carboxylic acids is 1. The first-order valence-electron chi connectivity index (χ1n) is 6.51. The summed E-state index contributed by atoms with van der Waals surface area (Å²) in [6, 6.07) is 2.51. The fourth-order valence-electron chi connectivity index (χ4n) is 2.25. The maximum absolute atomic E-state index is 12.5. The zero-order valence-electron chi connectivity index (χ0n) is 11.1. The summed E-state index contributed by atoms with van der Waals surface area (Å²) in [6.45, 7) is 0.0310. The zero-order chi connectivity index (χ0) is 15.6. The van der Waals surface area contributed by atoms with E-state index in [9.17, 15) is 14.9 Å². The molecule has 0 radical (unpaired) electrons. The first-order chi connectivity index (χ1) is 9.95. The lowest BCUT2D eigenvalue weighted by Crippen LogP contribution is -2.45. The summed E-state index contributed by atoms with van der Waals surface area (Å²) in [5.41, 5.74) is -0.290. The summed E-state index contributed by atoms with van der Waals surface area (Å²) in [7, 11) is 0. The van der Waals surface area contributed by atoms with Crippen LogP contribution in [0.5, 0.6) is 0 Å². The van der Waals surface area contributed by atoms with Crippen molar-refractivity contribution < 1.29 is 14.8 Å². The molecule has 1 saturated carbocycles. The lowest BCUT2D eigenvalue weighted by Gasteiger charge is -2.37. The molecule has 0 unspecified atom stereocenters. The molecule has 114 valence electrons. The van der Waals surface area contributed by atoms with Crippen LogP contribution in [0.25, 0.3) is 0 Å². The van der Waals surface area contributed by atoms with Crippen LogP contribution in [-0.4, -0.2) is 40.0 Å². The highest BCUT2D eigenvalue weighted by molar-refractivity contribution is 6.43. The van der Waals surface area contributed by atoms with Gasteiger partial charge in [0.15, 0.2) is 0 Å². The molecule has 0 saturated heterocycles. The number of halogens is 2. The van der Waals surface area contributed by atoms with Gasteiger partial charge in [0.25, 0.3) is 11.6 Å². The maximum Gasteiger partial charge on any atom is 0.290 e. The van der Waals surface area contributed by atoms with E-state index in [1.54, 1.807) is 0 Å². The molecule has 0 heterocycles. The Balaban J connectivity index is 2.35.